The molecule has 0 unspecified atom stereocenters. The van der Waals surface area contributed by atoms with E-state index in [0.717, 1.165) is 31.4 Å². The summed E-state index contributed by atoms with van der Waals surface area (Å²) in [6.45, 7) is 5.86. The average molecular weight is 341 g/mol. The Hall–Kier alpha value is -2.03. The van der Waals surface area contributed by atoms with Gasteiger partial charge in [0.25, 0.3) is 5.91 Å². The second-order valence-electron chi connectivity index (χ2n) is 6.84. The minimum atomic E-state index is 0.134. The Kier molecular flexibility index (Phi) is 7.77. The van der Waals surface area contributed by atoms with Crippen LogP contribution in [0.15, 0.2) is 42.6 Å². The van der Waals surface area contributed by atoms with E-state index in [0.29, 0.717) is 6.54 Å². The summed E-state index contributed by atoms with van der Waals surface area (Å²) in [6, 6.07) is 12.3. The van der Waals surface area contributed by atoms with Gasteiger partial charge in [-0.05, 0) is 49.1 Å². The molecule has 2 aromatic rings. The molecule has 0 N–H and O–H groups in total. The van der Waals surface area contributed by atoms with Crippen LogP contribution < -0.4 is 0 Å². The number of rotatable bonds is 10. The van der Waals surface area contributed by atoms with Gasteiger partial charge in [0.15, 0.2) is 0 Å². The molecule has 136 valence electrons. The number of aryl methyl sites for hydroxylation is 2. The fourth-order valence-corrected chi connectivity index (χ4v) is 3.03. The number of amides is 1. The highest BCUT2D eigenvalue weighted by atomic mass is 16.2. The quantitative estimate of drug-likeness (QED) is 0.546. The van der Waals surface area contributed by atoms with Crippen molar-refractivity contribution in [3.8, 4) is 0 Å². The molecule has 1 amide bonds. The van der Waals surface area contributed by atoms with Crippen LogP contribution in [0, 0.1) is 0 Å². The number of nitrogens with zero attached hydrogens (tertiary/aromatic N) is 2. The molecule has 2 rings (SSSR count). The molecule has 3 nitrogen and oxygen atoms in total. The molecular weight excluding hydrogens is 308 g/mol. The van der Waals surface area contributed by atoms with Gasteiger partial charge in [-0.1, -0.05) is 45.2 Å². The Labute approximate surface area is 152 Å². The lowest BCUT2D eigenvalue weighted by molar-refractivity contribution is 0.0737. The van der Waals surface area contributed by atoms with Gasteiger partial charge in [0.1, 0.15) is 0 Å². The first-order chi connectivity index (χ1) is 12.2. The third kappa shape index (κ3) is 5.77. The van der Waals surface area contributed by atoms with Crippen molar-refractivity contribution in [3.63, 3.8) is 0 Å². The number of carbonyl (C=O) groups excluding carboxylic acids is 1. The van der Waals surface area contributed by atoms with E-state index in [2.05, 4.69) is 36.6 Å². The summed E-state index contributed by atoms with van der Waals surface area (Å²) in [5.41, 5.74) is 3.29. The normalized spacial score (nSPS) is 10.8. The van der Waals surface area contributed by atoms with Crippen LogP contribution in [0.2, 0.25) is 0 Å². The molecular formula is C22H32N2O. The highest BCUT2D eigenvalue weighted by molar-refractivity contribution is 5.94. The Morgan fingerprint density at radius 3 is 2.32 bits per heavy atom. The maximum atomic E-state index is 13.0. The van der Waals surface area contributed by atoms with E-state index in [1.54, 1.807) is 0 Å². The van der Waals surface area contributed by atoms with E-state index in [1.165, 1.54) is 30.5 Å². The predicted molar refractivity (Wildman–Crippen MR) is 105 cm³/mol. The van der Waals surface area contributed by atoms with Crippen molar-refractivity contribution in [2.45, 2.75) is 58.9 Å². The summed E-state index contributed by atoms with van der Waals surface area (Å²) in [5, 5.41) is 0. The van der Waals surface area contributed by atoms with Gasteiger partial charge in [-0.2, -0.15) is 0 Å². The lowest BCUT2D eigenvalue weighted by Crippen LogP contribution is -2.32. The molecule has 0 atom stereocenters. The number of carbonyl (C=O) groups is 1. The molecule has 1 aromatic carbocycles. The number of hydrogen-bond donors (Lipinski definition) is 0. The Balaban J connectivity index is 2.05. The topological polar surface area (TPSA) is 25.2 Å². The standard InChI is InChI=1S/C22H32N2O/c1-4-6-8-10-19-12-14-20(15-13-19)22(25)24(17-7-5-2)18-21-11-9-16-23(21)3/h9,11-16H,4-8,10,17-18H2,1-3H3. The van der Waals surface area contributed by atoms with Crippen LogP contribution in [0.4, 0.5) is 0 Å². The predicted octanol–water partition coefficient (Wildman–Crippen LogP) is 5.20. The summed E-state index contributed by atoms with van der Waals surface area (Å²) < 4.78 is 2.09. The number of benzene rings is 1. The summed E-state index contributed by atoms with van der Waals surface area (Å²) >= 11 is 0. The maximum Gasteiger partial charge on any atom is 0.254 e. The lowest BCUT2D eigenvalue weighted by Gasteiger charge is -2.23. The molecule has 0 saturated carbocycles. The van der Waals surface area contributed by atoms with E-state index in [9.17, 15) is 4.79 Å². The highest BCUT2D eigenvalue weighted by Crippen LogP contribution is 2.14. The van der Waals surface area contributed by atoms with Crippen LogP contribution in [0.3, 0.4) is 0 Å². The molecule has 25 heavy (non-hydrogen) atoms. The molecule has 0 fully saturated rings. The second kappa shape index (κ2) is 10.1. The summed E-state index contributed by atoms with van der Waals surface area (Å²) in [7, 11) is 2.03. The summed E-state index contributed by atoms with van der Waals surface area (Å²) in [4.78, 5) is 15.0. The number of aromatic nitrogens is 1. The largest absolute Gasteiger partial charge is 0.353 e. The minimum Gasteiger partial charge on any atom is -0.353 e. The van der Waals surface area contributed by atoms with Crippen LogP contribution >= 0.6 is 0 Å². The zero-order valence-corrected chi connectivity index (χ0v) is 16.0. The monoisotopic (exact) mass is 340 g/mol. The lowest BCUT2D eigenvalue weighted by atomic mass is 10.0. The van der Waals surface area contributed by atoms with E-state index in [4.69, 9.17) is 0 Å². The van der Waals surface area contributed by atoms with Gasteiger partial charge in [-0.15, -0.1) is 0 Å². The summed E-state index contributed by atoms with van der Waals surface area (Å²) in [6.07, 6.45) is 8.98. The van der Waals surface area contributed by atoms with Gasteiger partial charge in [0, 0.05) is 31.0 Å². The van der Waals surface area contributed by atoms with Crippen LogP contribution in [-0.2, 0) is 20.0 Å². The minimum absolute atomic E-state index is 0.134. The van der Waals surface area contributed by atoms with Gasteiger partial charge in [-0.3, -0.25) is 4.79 Å². The molecule has 0 saturated heterocycles. The molecule has 1 heterocycles. The second-order valence-corrected chi connectivity index (χ2v) is 6.84. The highest BCUT2D eigenvalue weighted by Gasteiger charge is 2.16. The van der Waals surface area contributed by atoms with Crippen molar-refractivity contribution in [2.24, 2.45) is 7.05 Å². The number of unbranched alkanes of at least 4 members (excludes halogenated alkanes) is 3. The first-order valence-electron chi connectivity index (χ1n) is 9.64. The SMILES string of the molecule is CCCCCc1ccc(C(=O)N(CCCC)Cc2cccn2C)cc1. The molecule has 0 bridgehead atoms. The van der Waals surface area contributed by atoms with Crippen LogP contribution in [0.1, 0.15) is 67.6 Å². The average Bonchev–Trinajstić information content (AvgIpc) is 3.03. The molecule has 3 heteroatoms. The molecule has 0 spiro atoms. The van der Waals surface area contributed by atoms with Crippen molar-refractivity contribution < 1.29 is 4.79 Å². The first kappa shape index (κ1) is 19.3. The van der Waals surface area contributed by atoms with E-state index in [-0.39, 0.29) is 5.91 Å². The van der Waals surface area contributed by atoms with Gasteiger partial charge in [0.2, 0.25) is 0 Å². The Bertz CT molecular complexity index is 642. The summed E-state index contributed by atoms with van der Waals surface area (Å²) in [5.74, 6) is 0.134. The zero-order valence-electron chi connectivity index (χ0n) is 16.0. The number of hydrogen-bond acceptors (Lipinski definition) is 1. The third-order valence-corrected chi connectivity index (χ3v) is 4.74. The fourth-order valence-electron chi connectivity index (χ4n) is 3.03. The molecule has 0 radical (unpaired) electrons. The Morgan fingerprint density at radius 2 is 1.72 bits per heavy atom. The van der Waals surface area contributed by atoms with E-state index < -0.39 is 0 Å². The van der Waals surface area contributed by atoms with Crippen LogP contribution in [0.25, 0.3) is 0 Å². The van der Waals surface area contributed by atoms with Crippen molar-refractivity contribution in [1.29, 1.82) is 0 Å². The molecule has 0 aliphatic rings. The van der Waals surface area contributed by atoms with E-state index >= 15 is 0 Å². The third-order valence-electron chi connectivity index (χ3n) is 4.74. The van der Waals surface area contributed by atoms with Crippen molar-refractivity contribution in [3.05, 3.63) is 59.4 Å². The molecule has 0 aliphatic carbocycles. The maximum absolute atomic E-state index is 13.0. The van der Waals surface area contributed by atoms with Gasteiger partial charge in [-0.25, -0.2) is 0 Å². The smallest absolute Gasteiger partial charge is 0.254 e. The van der Waals surface area contributed by atoms with Crippen molar-refractivity contribution in [1.82, 2.24) is 9.47 Å². The van der Waals surface area contributed by atoms with Crippen molar-refractivity contribution in [2.75, 3.05) is 6.54 Å². The van der Waals surface area contributed by atoms with Crippen LogP contribution in [-0.4, -0.2) is 21.9 Å². The van der Waals surface area contributed by atoms with Crippen molar-refractivity contribution >= 4 is 5.91 Å². The van der Waals surface area contributed by atoms with Gasteiger partial charge in [0.05, 0.1) is 6.54 Å². The zero-order chi connectivity index (χ0) is 18.1. The molecule has 1 aromatic heterocycles. The molecule has 0 aliphatic heterocycles. The fraction of sp³-hybridized carbons (Fsp3) is 0.500. The van der Waals surface area contributed by atoms with Gasteiger partial charge >= 0.3 is 0 Å². The Morgan fingerprint density at radius 1 is 1.00 bits per heavy atom. The van der Waals surface area contributed by atoms with E-state index in [1.807, 2.05) is 36.3 Å². The van der Waals surface area contributed by atoms with Gasteiger partial charge < -0.3 is 9.47 Å². The van der Waals surface area contributed by atoms with Crippen LogP contribution in [0.5, 0.6) is 0 Å². The first-order valence-corrected chi connectivity index (χ1v) is 9.64.